The minimum atomic E-state index is -4.37. The SMILES string of the molecule is CC(Nc1ccc(C(F)(F)F)cn1)c1nnc2n1CCCC2. The molecule has 1 atom stereocenters. The second kappa shape index (κ2) is 5.58. The fourth-order valence-corrected chi connectivity index (χ4v) is 2.58. The highest BCUT2D eigenvalue weighted by Crippen LogP contribution is 2.29. The highest BCUT2D eigenvalue weighted by Gasteiger charge is 2.30. The molecule has 5 nitrogen and oxygen atoms in total. The summed E-state index contributed by atoms with van der Waals surface area (Å²) in [4.78, 5) is 3.82. The molecule has 0 amide bonds. The zero-order valence-corrected chi connectivity index (χ0v) is 12.1. The van der Waals surface area contributed by atoms with Crippen molar-refractivity contribution in [3.63, 3.8) is 0 Å². The van der Waals surface area contributed by atoms with Crippen LogP contribution in [0.3, 0.4) is 0 Å². The van der Waals surface area contributed by atoms with E-state index >= 15 is 0 Å². The standard InChI is InChI=1S/C14H16F3N5/c1-9(13-21-20-12-4-2-3-7-22(12)13)19-11-6-5-10(8-18-11)14(15,16)17/h5-6,8-9H,2-4,7H2,1H3,(H,18,19). The van der Waals surface area contributed by atoms with Crippen LogP contribution >= 0.6 is 0 Å². The van der Waals surface area contributed by atoms with Gasteiger partial charge in [-0.2, -0.15) is 13.2 Å². The molecule has 2 aromatic rings. The number of aromatic nitrogens is 4. The smallest absolute Gasteiger partial charge is 0.360 e. The third-order valence-corrected chi connectivity index (χ3v) is 3.73. The highest BCUT2D eigenvalue weighted by molar-refractivity contribution is 5.38. The zero-order chi connectivity index (χ0) is 15.7. The van der Waals surface area contributed by atoms with Gasteiger partial charge >= 0.3 is 6.18 Å². The average molecular weight is 311 g/mol. The van der Waals surface area contributed by atoms with E-state index in [1.54, 1.807) is 0 Å². The van der Waals surface area contributed by atoms with Crippen molar-refractivity contribution in [2.24, 2.45) is 0 Å². The molecule has 1 aliphatic heterocycles. The van der Waals surface area contributed by atoms with Crippen molar-refractivity contribution in [1.82, 2.24) is 19.7 Å². The van der Waals surface area contributed by atoms with Gasteiger partial charge in [0.2, 0.25) is 0 Å². The second-order valence-electron chi connectivity index (χ2n) is 5.38. The monoisotopic (exact) mass is 311 g/mol. The molecule has 1 aliphatic rings. The molecule has 0 spiro atoms. The first kappa shape index (κ1) is 14.8. The summed E-state index contributed by atoms with van der Waals surface area (Å²) in [6, 6.07) is 2.16. The first-order chi connectivity index (χ1) is 10.4. The third-order valence-electron chi connectivity index (χ3n) is 3.73. The van der Waals surface area contributed by atoms with Crippen molar-refractivity contribution in [2.45, 2.75) is 44.9 Å². The number of rotatable bonds is 3. The molecule has 1 N–H and O–H groups in total. The predicted octanol–water partition coefficient (Wildman–Crippen LogP) is 3.20. The summed E-state index contributed by atoms with van der Waals surface area (Å²) in [6.07, 6.45) is -0.431. The minimum Gasteiger partial charge on any atom is -0.360 e. The summed E-state index contributed by atoms with van der Waals surface area (Å²) in [7, 11) is 0. The lowest BCUT2D eigenvalue weighted by atomic mass is 10.1. The molecular formula is C14H16F3N5. The Morgan fingerprint density at radius 2 is 2.05 bits per heavy atom. The third kappa shape index (κ3) is 2.90. The Morgan fingerprint density at radius 3 is 2.73 bits per heavy atom. The Labute approximate surface area is 125 Å². The van der Waals surface area contributed by atoms with Gasteiger partial charge in [-0.05, 0) is 31.9 Å². The Bertz CT molecular complexity index is 647. The van der Waals surface area contributed by atoms with Crippen LogP contribution in [0.1, 0.15) is 43.0 Å². The van der Waals surface area contributed by atoms with Gasteiger partial charge in [0.1, 0.15) is 11.6 Å². The number of halogens is 3. The van der Waals surface area contributed by atoms with E-state index in [9.17, 15) is 13.2 Å². The Hall–Kier alpha value is -2.12. The number of aryl methyl sites for hydroxylation is 1. The van der Waals surface area contributed by atoms with E-state index in [4.69, 9.17) is 0 Å². The van der Waals surface area contributed by atoms with Crippen molar-refractivity contribution in [2.75, 3.05) is 5.32 Å². The molecule has 3 rings (SSSR count). The van der Waals surface area contributed by atoms with Gasteiger partial charge in [-0.25, -0.2) is 4.98 Å². The predicted molar refractivity (Wildman–Crippen MR) is 74.2 cm³/mol. The van der Waals surface area contributed by atoms with Crippen LogP contribution in [0.5, 0.6) is 0 Å². The second-order valence-corrected chi connectivity index (χ2v) is 5.38. The summed E-state index contributed by atoms with van der Waals surface area (Å²) in [5, 5.41) is 11.4. The summed E-state index contributed by atoms with van der Waals surface area (Å²) in [5.41, 5.74) is -0.759. The van der Waals surface area contributed by atoms with Crippen LogP contribution in [0.2, 0.25) is 0 Å². The number of nitrogens with one attached hydrogen (secondary N) is 1. The van der Waals surface area contributed by atoms with Crippen LogP contribution in [0.4, 0.5) is 19.0 Å². The molecule has 0 aromatic carbocycles. The maximum Gasteiger partial charge on any atom is 0.417 e. The molecule has 0 radical (unpaired) electrons. The lowest BCUT2D eigenvalue weighted by Crippen LogP contribution is -2.18. The van der Waals surface area contributed by atoms with Gasteiger partial charge in [0, 0.05) is 19.2 Å². The van der Waals surface area contributed by atoms with E-state index in [1.165, 1.54) is 6.07 Å². The van der Waals surface area contributed by atoms with Gasteiger partial charge < -0.3 is 9.88 Å². The number of pyridine rings is 1. The highest BCUT2D eigenvalue weighted by atomic mass is 19.4. The van der Waals surface area contributed by atoms with Crippen molar-refractivity contribution < 1.29 is 13.2 Å². The summed E-state index contributed by atoms with van der Waals surface area (Å²) in [6.45, 7) is 2.77. The van der Waals surface area contributed by atoms with Gasteiger partial charge in [-0.15, -0.1) is 10.2 Å². The van der Waals surface area contributed by atoms with E-state index in [-0.39, 0.29) is 6.04 Å². The van der Waals surface area contributed by atoms with E-state index in [1.807, 2.05) is 6.92 Å². The lowest BCUT2D eigenvalue weighted by molar-refractivity contribution is -0.137. The van der Waals surface area contributed by atoms with Gasteiger partial charge in [-0.3, -0.25) is 0 Å². The number of alkyl halides is 3. The Balaban J connectivity index is 1.74. The molecule has 0 saturated heterocycles. The molecule has 0 fully saturated rings. The van der Waals surface area contributed by atoms with Crippen molar-refractivity contribution in [1.29, 1.82) is 0 Å². The number of hydrogen-bond acceptors (Lipinski definition) is 4. The molecule has 22 heavy (non-hydrogen) atoms. The van der Waals surface area contributed by atoms with Crippen LogP contribution in [0, 0.1) is 0 Å². The van der Waals surface area contributed by atoms with Crippen molar-refractivity contribution in [3.8, 4) is 0 Å². The molecule has 0 saturated carbocycles. The number of anilines is 1. The Morgan fingerprint density at radius 1 is 1.23 bits per heavy atom. The fraction of sp³-hybridized carbons (Fsp3) is 0.500. The molecule has 2 aromatic heterocycles. The van der Waals surface area contributed by atoms with Crippen LogP contribution < -0.4 is 5.32 Å². The zero-order valence-electron chi connectivity index (χ0n) is 12.1. The molecule has 3 heterocycles. The topological polar surface area (TPSA) is 55.6 Å². The maximum atomic E-state index is 12.5. The van der Waals surface area contributed by atoms with Crippen molar-refractivity contribution >= 4 is 5.82 Å². The quantitative estimate of drug-likeness (QED) is 0.946. The maximum absolute atomic E-state index is 12.5. The van der Waals surface area contributed by atoms with E-state index in [0.717, 1.165) is 49.7 Å². The van der Waals surface area contributed by atoms with E-state index in [2.05, 4.69) is 25.1 Å². The first-order valence-corrected chi connectivity index (χ1v) is 7.17. The Kier molecular flexibility index (Phi) is 3.76. The van der Waals surface area contributed by atoms with Crippen LogP contribution in [-0.4, -0.2) is 19.7 Å². The van der Waals surface area contributed by atoms with Gasteiger partial charge in [0.15, 0.2) is 5.82 Å². The minimum absolute atomic E-state index is 0.177. The van der Waals surface area contributed by atoms with Gasteiger partial charge in [0.05, 0.1) is 11.6 Å². The summed E-state index contributed by atoms with van der Waals surface area (Å²) < 4.78 is 39.6. The van der Waals surface area contributed by atoms with E-state index < -0.39 is 11.7 Å². The number of hydrogen-bond donors (Lipinski definition) is 1. The lowest BCUT2D eigenvalue weighted by Gasteiger charge is -2.19. The van der Waals surface area contributed by atoms with Crippen LogP contribution in [0.25, 0.3) is 0 Å². The van der Waals surface area contributed by atoms with Crippen LogP contribution in [0.15, 0.2) is 18.3 Å². The first-order valence-electron chi connectivity index (χ1n) is 7.17. The molecule has 0 aliphatic carbocycles. The normalized spacial score (nSPS) is 16.2. The number of nitrogens with zero attached hydrogens (tertiary/aromatic N) is 4. The molecule has 0 bridgehead atoms. The average Bonchev–Trinajstić information content (AvgIpc) is 2.91. The van der Waals surface area contributed by atoms with Gasteiger partial charge in [0.25, 0.3) is 0 Å². The number of fused-ring (bicyclic) bond motifs is 1. The van der Waals surface area contributed by atoms with Crippen LogP contribution in [-0.2, 0) is 19.1 Å². The molecule has 118 valence electrons. The van der Waals surface area contributed by atoms with E-state index in [0.29, 0.717) is 5.82 Å². The summed E-state index contributed by atoms with van der Waals surface area (Å²) in [5.74, 6) is 2.14. The van der Waals surface area contributed by atoms with Gasteiger partial charge in [-0.1, -0.05) is 0 Å². The molecule has 8 heteroatoms. The molecule has 1 unspecified atom stereocenters. The van der Waals surface area contributed by atoms with Crippen molar-refractivity contribution in [3.05, 3.63) is 35.5 Å². The largest absolute Gasteiger partial charge is 0.417 e. The molecular weight excluding hydrogens is 295 g/mol. The summed E-state index contributed by atoms with van der Waals surface area (Å²) >= 11 is 0. The fourth-order valence-electron chi connectivity index (χ4n) is 2.58.